The van der Waals surface area contributed by atoms with Gasteiger partial charge in [0.15, 0.2) is 0 Å². The molecule has 7 heteroatoms. The summed E-state index contributed by atoms with van der Waals surface area (Å²) < 4.78 is 8.98. The second-order valence-electron chi connectivity index (χ2n) is 7.92. The number of rotatable bonds is 6. The van der Waals surface area contributed by atoms with Crippen molar-refractivity contribution in [2.24, 2.45) is 5.92 Å². The Morgan fingerprint density at radius 1 is 1.17 bits per heavy atom. The van der Waals surface area contributed by atoms with Gasteiger partial charge < -0.3 is 15.4 Å². The quantitative estimate of drug-likeness (QED) is 0.169. The lowest BCUT2D eigenvalue weighted by molar-refractivity contribution is -0.139. The lowest BCUT2D eigenvalue weighted by Gasteiger charge is -2.29. The molecule has 0 bridgehead atoms. The van der Waals surface area contributed by atoms with Crippen molar-refractivity contribution >= 4 is 79.4 Å². The van der Waals surface area contributed by atoms with Gasteiger partial charge in [-0.1, -0.05) is 19.1 Å². The van der Waals surface area contributed by atoms with Crippen LogP contribution in [-0.2, 0) is 11.2 Å². The van der Waals surface area contributed by atoms with Gasteiger partial charge in [-0.05, 0) is 149 Å². The topological polar surface area (TPSA) is 55.6 Å². The molecule has 0 spiro atoms. The summed E-state index contributed by atoms with van der Waals surface area (Å²) in [5.41, 5.74) is 9.48. The van der Waals surface area contributed by atoms with E-state index in [9.17, 15) is 4.79 Å². The molecular weight excluding hydrogens is 717 g/mol. The molecule has 2 aromatic carbocycles. The van der Waals surface area contributed by atoms with Gasteiger partial charge in [-0.25, -0.2) is 0 Å². The first kappa shape index (κ1) is 24.5. The van der Waals surface area contributed by atoms with E-state index in [1.54, 1.807) is 0 Å². The molecule has 2 aromatic rings. The molecule has 0 amide bonds. The highest BCUT2D eigenvalue weighted by molar-refractivity contribution is 14.1. The summed E-state index contributed by atoms with van der Waals surface area (Å²) >= 11 is 6.87. The first-order valence-corrected chi connectivity index (χ1v) is 13.5. The van der Waals surface area contributed by atoms with E-state index in [0.717, 1.165) is 41.5 Å². The maximum absolute atomic E-state index is 12.9. The molecule has 1 aliphatic rings. The summed E-state index contributed by atoms with van der Waals surface area (Å²) in [4.78, 5) is 15.3. The number of nitrogens with zero attached hydrogens (tertiary/aromatic N) is 1. The summed E-state index contributed by atoms with van der Waals surface area (Å²) in [6.07, 6.45) is 3.74. The first-order valence-electron chi connectivity index (χ1n) is 10.2. The van der Waals surface area contributed by atoms with Crippen LogP contribution in [0.4, 0.5) is 5.69 Å². The Bertz CT molecular complexity index is 894. The van der Waals surface area contributed by atoms with Gasteiger partial charge in [0.2, 0.25) is 0 Å². The minimum absolute atomic E-state index is 0.173. The maximum Gasteiger partial charge on any atom is 0.314 e. The Morgan fingerprint density at radius 3 is 2.40 bits per heavy atom. The highest BCUT2D eigenvalue weighted by Gasteiger charge is 2.24. The van der Waals surface area contributed by atoms with Gasteiger partial charge in [-0.15, -0.1) is 0 Å². The zero-order chi connectivity index (χ0) is 21.8. The van der Waals surface area contributed by atoms with Crippen LogP contribution in [0.25, 0.3) is 0 Å². The predicted molar refractivity (Wildman–Crippen MR) is 148 cm³/mol. The van der Waals surface area contributed by atoms with Crippen molar-refractivity contribution in [1.29, 1.82) is 0 Å². The molecule has 0 aromatic heterocycles. The van der Waals surface area contributed by atoms with Gasteiger partial charge in [0.05, 0.1) is 11.6 Å². The molecule has 162 valence electrons. The van der Waals surface area contributed by atoms with Gasteiger partial charge >= 0.3 is 5.97 Å². The van der Waals surface area contributed by atoms with Gasteiger partial charge in [-0.3, -0.25) is 4.79 Å². The number of benzene rings is 2. The molecule has 0 aliphatic carbocycles. The van der Waals surface area contributed by atoms with E-state index in [2.05, 4.69) is 97.9 Å². The zero-order valence-electron chi connectivity index (χ0n) is 17.3. The maximum atomic E-state index is 12.9. The number of esters is 1. The van der Waals surface area contributed by atoms with E-state index in [-0.39, 0.29) is 11.9 Å². The fourth-order valence-corrected chi connectivity index (χ4v) is 7.64. The second kappa shape index (κ2) is 11.1. The fourth-order valence-electron chi connectivity index (χ4n) is 3.83. The van der Waals surface area contributed by atoms with E-state index in [4.69, 9.17) is 10.5 Å². The fraction of sp³-hybridized carbons (Fsp3) is 0.435. The molecule has 1 aliphatic heterocycles. The molecule has 2 N–H and O–H groups in total. The number of nitrogens with two attached hydrogens (primary N) is 1. The Kier molecular flexibility index (Phi) is 9.09. The number of piperidine rings is 1. The summed E-state index contributed by atoms with van der Waals surface area (Å²) in [5.74, 6) is 0.861. The van der Waals surface area contributed by atoms with Gasteiger partial charge in [0.25, 0.3) is 0 Å². The minimum Gasteiger partial charge on any atom is -0.426 e. The van der Waals surface area contributed by atoms with Crippen LogP contribution in [0.15, 0.2) is 30.3 Å². The Labute approximate surface area is 220 Å². The van der Waals surface area contributed by atoms with Crippen molar-refractivity contribution in [3.8, 4) is 5.75 Å². The van der Waals surface area contributed by atoms with Crippen molar-refractivity contribution in [1.82, 2.24) is 4.90 Å². The smallest absolute Gasteiger partial charge is 0.314 e. The van der Waals surface area contributed by atoms with Crippen LogP contribution < -0.4 is 10.5 Å². The SMILES string of the molecule is CCC(Cc1c(I)cc(I)c(N)c1I)C(=O)Oc1ccc(C2CCN(C)CC2)cc1. The highest BCUT2D eigenvalue weighted by atomic mass is 127. The van der Waals surface area contributed by atoms with Crippen molar-refractivity contribution in [2.75, 3.05) is 25.9 Å². The number of halogens is 3. The minimum atomic E-state index is -0.194. The number of anilines is 1. The molecule has 1 heterocycles. The summed E-state index contributed by atoms with van der Waals surface area (Å²) in [6, 6.07) is 10.2. The average molecular weight is 744 g/mol. The van der Waals surface area contributed by atoms with Gasteiger partial charge in [0, 0.05) is 10.7 Å². The van der Waals surface area contributed by atoms with Crippen LogP contribution in [0.2, 0.25) is 0 Å². The second-order valence-corrected chi connectivity index (χ2v) is 11.3. The van der Waals surface area contributed by atoms with Crippen LogP contribution in [0.3, 0.4) is 0 Å². The van der Waals surface area contributed by atoms with E-state index < -0.39 is 0 Å². The van der Waals surface area contributed by atoms with Crippen molar-refractivity contribution in [2.45, 2.75) is 38.5 Å². The van der Waals surface area contributed by atoms with Crippen LogP contribution in [-0.4, -0.2) is 31.0 Å². The Morgan fingerprint density at radius 2 is 1.80 bits per heavy atom. The molecule has 1 atom stereocenters. The Hall–Kier alpha value is -0.140. The summed E-state index contributed by atoms with van der Waals surface area (Å²) in [7, 11) is 2.18. The molecule has 1 fully saturated rings. The summed E-state index contributed by atoms with van der Waals surface area (Å²) in [5, 5.41) is 0. The van der Waals surface area contributed by atoms with Crippen LogP contribution in [0.1, 0.15) is 43.2 Å². The van der Waals surface area contributed by atoms with Gasteiger partial charge in [-0.2, -0.15) is 0 Å². The molecule has 3 rings (SSSR count). The molecule has 0 saturated carbocycles. The molecular formula is C23H27I3N2O2. The first-order chi connectivity index (χ1) is 14.3. The highest BCUT2D eigenvalue weighted by Crippen LogP contribution is 2.32. The largest absolute Gasteiger partial charge is 0.426 e. The predicted octanol–water partition coefficient (Wildman–Crippen LogP) is 6.07. The van der Waals surface area contributed by atoms with Crippen molar-refractivity contribution in [3.05, 3.63) is 52.2 Å². The number of hydrogen-bond acceptors (Lipinski definition) is 4. The number of carbonyl (C=O) groups excluding carboxylic acids is 1. The standard InChI is InChI=1S/C23H27I3N2O2/c1-3-14(12-18-19(24)13-20(25)22(27)21(18)26)23(29)30-17-6-4-15(5-7-17)16-8-10-28(2)11-9-16/h4-7,13-14,16H,3,8-12,27H2,1-2H3. The van der Waals surface area contributed by atoms with Crippen LogP contribution >= 0.6 is 67.8 Å². The zero-order valence-corrected chi connectivity index (χ0v) is 23.7. The van der Waals surface area contributed by atoms with E-state index >= 15 is 0 Å². The van der Waals surface area contributed by atoms with Crippen LogP contribution in [0.5, 0.6) is 5.75 Å². The van der Waals surface area contributed by atoms with Crippen molar-refractivity contribution in [3.63, 3.8) is 0 Å². The molecule has 1 unspecified atom stereocenters. The molecule has 0 radical (unpaired) electrons. The molecule has 1 saturated heterocycles. The summed E-state index contributed by atoms with van der Waals surface area (Å²) in [6.45, 7) is 4.31. The molecule has 4 nitrogen and oxygen atoms in total. The van der Waals surface area contributed by atoms with Crippen LogP contribution in [0, 0.1) is 16.6 Å². The van der Waals surface area contributed by atoms with Gasteiger partial charge in [0.1, 0.15) is 5.75 Å². The number of ether oxygens (including phenoxy) is 1. The van der Waals surface area contributed by atoms with Crippen molar-refractivity contribution < 1.29 is 9.53 Å². The average Bonchev–Trinajstić information content (AvgIpc) is 2.73. The van der Waals surface area contributed by atoms with E-state index in [1.165, 1.54) is 18.4 Å². The lowest BCUT2D eigenvalue weighted by Crippen LogP contribution is -2.29. The lowest BCUT2D eigenvalue weighted by atomic mass is 9.90. The third kappa shape index (κ3) is 6.00. The third-order valence-electron chi connectivity index (χ3n) is 5.87. The van der Waals surface area contributed by atoms with E-state index in [0.29, 0.717) is 18.1 Å². The number of carbonyl (C=O) groups is 1. The normalized spacial score (nSPS) is 16.4. The third-order valence-corrected chi connectivity index (χ3v) is 8.95. The number of likely N-dealkylation sites (tertiary alicyclic amines) is 1. The number of hydrogen-bond donors (Lipinski definition) is 1. The monoisotopic (exact) mass is 744 g/mol. The van der Waals surface area contributed by atoms with E-state index in [1.807, 2.05) is 19.1 Å². The number of nitrogen functional groups attached to an aromatic ring is 1. The Balaban J connectivity index is 1.66. The molecule has 30 heavy (non-hydrogen) atoms.